The fraction of sp³-hybridized carbons (Fsp3) is 0.556. The van der Waals surface area contributed by atoms with Crippen LogP contribution in [0, 0.1) is 5.92 Å². The Hall–Kier alpha value is -1.53. The van der Waals surface area contributed by atoms with Crippen LogP contribution in [0.4, 0.5) is 13.2 Å². The van der Waals surface area contributed by atoms with E-state index in [2.05, 4.69) is 11.3 Å². The number of amides is 1. The minimum absolute atomic E-state index is 0.0744. The smallest absolute Gasteiger partial charge is 0.467 e. The number of rotatable bonds is 3. The van der Waals surface area contributed by atoms with E-state index in [1.165, 1.54) is 6.08 Å². The average molecular weight is 237 g/mol. The van der Waals surface area contributed by atoms with Crippen molar-refractivity contribution in [3.63, 3.8) is 0 Å². The molecule has 4 nitrogen and oxygen atoms in total. The maximum Gasteiger partial charge on any atom is 0.471 e. The van der Waals surface area contributed by atoms with Crippen LogP contribution < -0.4 is 5.32 Å². The van der Waals surface area contributed by atoms with E-state index in [9.17, 15) is 22.8 Å². The molecule has 1 amide bonds. The van der Waals surface area contributed by atoms with Crippen LogP contribution in [-0.4, -0.2) is 30.7 Å². The molecule has 1 N–H and O–H groups in total. The summed E-state index contributed by atoms with van der Waals surface area (Å²) in [6.07, 6.45) is -3.63. The molecule has 0 aliphatic heterocycles. The van der Waals surface area contributed by atoms with Crippen molar-refractivity contribution in [2.24, 2.45) is 5.92 Å². The summed E-state index contributed by atoms with van der Waals surface area (Å²) in [5.74, 6) is -3.57. The van der Waals surface area contributed by atoms with Crippen molar-refractivity contribution in [3.05, 3.63) is 12.7 Å². The predicted molar refractivity (Wildman–Crippen MR) is 47.2 cm³/mol. The highest BCUT2D eigenvalue weighted by Crippen LogP contribution is 2.45. The Morgan fingerprint density at radius 3 is 2.44 bits per heavy atom. The summed E-state index contributed by atoms with van der Waals surface area (Å²) in [6.45, 7) is 3.36. The maximum atomic E-state index is 12.0. The number of ether oxygens (including phenoxy) is 1. The van der Waals surface area contributed by atoms with Gasteiger partial charge in [-0.15, -0.1) is 6.58 Å². The maximum absolute atomic E-state index is 12.0. The number of methoxy groups -OCH3 is 1. The van der Waals surface area contributed by atoms with Crippen molar-refractivity contribution in [3.8, 4) is 0 Å². The summed E-state index contributed by atoms with van der Waals surface area (Å²) < 4.78 is 40.4. The predicted octanol–water partition coefficient (Wildman–Crippen LogP) is 0.783. The second-order valence-corrected chi connectivity index (χ2v) is 3.46. The molecular formula is C9H10F3NO3. The molecule has 0 heterocycles. The van der Waals surface area contributed by atoms with E-state index in [0.717, 1.165) is 7.11 Å². The Labute approximate surface area is 89.4 Å². The van der Waals surface area contributed by atoms with E-state index in [-0.39, 0.29) is 6.42 Å². The van der Waals surface area contributed by atoms with Crippen LogP contribution in [0.1, 0.15) is 6.42 Å². The summed E-state index contributed by atoms with van der Waals surface area (Å²) >= 11 is 0. The molecule has 1 aliphatic rings. The molecule has 16 heavy (non-hydrogen) atoms. The first kappa shape index (κ1) is 12.5. The van der Waals surface area contributed by atoms with E-state index in [1.807, 2.05) is 0 Å². The van der Waals surface area contributed by atoms with Crippen LogP contribution in [-0.2, 0) is 14.3 Å². The molecule has 0 aromatic rings. The van der Waals surface area contributed by atoms with Gasteiger partial charge in [-0.2, -0.15) is 13.2 Å². The van der Waals surface area contributed by atoms with Crippen LogP contribution >= 0.6 is 0 Å². The minimum Gasteiger partial charge on any atom is -0.467 e. The fourth-order valence-corrected chi connectivity index (χ4v) is 1.46. The first-order valence-electron chi connectivity index (χ1n) is 4.38. The molecule has 0 bridgehead atoms. The first-order chi connectivity index (χ1) is 7.28. The number of esters is 1. The molecule has 1 fully saturated rings. The standard InChI is InChI=1S/C9H10F3NO3/c1-3-5-4-8(5,7(15)16-2)13-6(14)9(10,11)12/h3,5H,1,4H2,2H3,(H,13,14)/t5-,8-/m1/s1. The fourth-order valence-electron chi connectivity index (χ4n) is 1.46. The topological polar surface area (TPSA) is 55.4 Å². The summed E-state index contributed by atoms with van der Waals surface area (Å²) in [5.41, 5.74) is -1.59. The molecular weight excluding hydrogens is 227 g/mol. The Kier molecular flexibility index (Phi) is 2.98. The van der Waals surface area contributed by atoms with E-state index < -0.39 is 29.5 Å². The van der Waals surface area contributed by atoms with Crippen molar-refractivity contribution in [2.45, 2.75) is 18.1 Å². The Bertz CT molecular complexity index is 339. The van der Waals surface area contributed by atoms with Gasteiger partial charge >= 0.3 is 18.1 Å². The number of carbonyl (C=O) groups is 2. The van der Waals surface area contributed by atoms with Crippen molar-refractivity contribution in [2.75, 3.05) is 7.11 Å². The summed E-state index contributed by atoms with van der Waals surface area (Å²) in [5, 5.41) is 1.65. The number of hydrogen-bond acceptors (Lipinski definition) is 3. The molecule has 90 valence electrons. The van der Waals surface area contributed by atoms with Gasteiger partial charge in [0.15, 0.2) is 0 Å². The molecule has 0 spiro atoms. The lowest BCUT2D eigenvalue weighted by atomic mass is 10.2. The lowest BCUT2D eigenvalue weighted by Crippen LogP contribution is -2.50. The zero-order chi connectivity index (χ0) is 12.6. The van der Waals surface area contributed by atoms with Gasteiger partial charge in [-0.1, -0.05) is 6.08 Å². The molecule has 0 saturated heterocycles. The SMILES string of the molecule is C=C[C@@H]1C[C@]1(NC(=O)C(F)(F)F)C(=O)OC. The monoisotopic (exact) mass is 237 g/mol. The van der Waals surface area contributed by atoms with Crippen molar-refractivity contribution >= 4 is 11.9 Å². The van der Waals surface area contributed by atoms with E-state index in [4.69, 9.17) is 0 Å². The normalized spacial score (nSPS) is 28.1. The second kappa shape index (κ2) is 3.80. The number of nitrogens with one attached hydrogen (secondary N) is 1. The third-order valence-corrected chi connectivity index (χ3v) is 2.44. The van der Waals surface area contributed by atoms with E-state index in [0.29, 0.717) is 0 Å². The van der Waals surface area contributed by atoms with Crippen molar-refractivity contribution in [1.82, 2.24) is 5.32 Å². The van der Waals surface area contributed by atoms with E-state index >= 15 is 0 Å². The third-order valence-electron chi connectivity index (χ3n) is 2.44. The van der Waals surface area contributed by atoms with Gasteiger partial charge in [0.1, 0.15) is 5.54 Å². The Balaban J connectivity index is 2.80. The zero-order valence-electron chi connectivity index (χ0n) is 8.43. The molecule has 0 aromatic carbocycles. The molecule has 0 radical (unpaired) electrons. The van der Waals surface area contributed by atoms with Gasteiger partial charge in [-0.3, -0.25) is 4.79 Å². The number of alkyl halides is 3. The Morgan fingerprint density at radius 2 is 2.12 bits per heavy atom. The lowest BCUT2D eigenvalue weighted by molar-refractivity contribution is -0.176. The van der Waals surface area contributed by atoms with Crippen LogP contribution in [0.5, 0.6) is 0 Å². The van der Waals surface area contributed by atoms with Gasteiger partial charge < -0.3 is 10.1 Å². The van der Waals surface area contributed by atoms with E-state index in [1.54, 1.807) is 5.32 Å². The van der Waals surface area contributed by atoms with Gasteiger partial charge in [0.2, 0.25) is 0 Å². The van der Waals surface area contributed by atoms with Gasteiger partial charge in [0.25, 0.3) is 0 Å². The number of halogens is 3. The van der Waals surface area contributed by atoms with Gasteiger partial charge in [0.05, 0.1) is 7.11 Å². The minimum atomic E-state index is -5.02. The van der Waals surface area contributed by atoms with Gasteiger partial charge in [0, 0.05) is 5.92 Å². The largest absolute Gasteiger partial charge is 0.471 e. The summed E-state index contributed by atoms with van der Waals surface area (Å²) in [7, 11) is 1.04. The number of carbonyl (C=O) groups excluding carboxylic acids is 2. The van der Waals surface area contributed by atoms with Gasteiger partial charge in [-0.25, -0.2) is 4.79 Å². The molecule has 7 heteroatoms. The molecule has 0 unspecified atom stereocenters. The first-order valence-corrected chi connectivity index (χ1v) is 4.38. The highest BCUT2D eigenvalue weighted by atomic mass is 19.4. The average Bonchev–Trinajstić information content (AvgIpc) is 2.90. The molecule has 1 rings (SSSR count). The summed E-state index contributed by atoms with van der Waals surface area (Å²) in [4.78, 5) is 22.0. The van der Waals surface area contributed by atoms with Gasteiger partial charge in [-0.05, 0) is 6.42 Å². The van der Waals surface area contributed by atoms with Crippen molar-refractivity contribution < 1.29 is 27.5 Å². The number of hydrogen-bond donors (Lipinski definition) is 1. The highest BCUT2D eigenvalue weighted by Gasteiger charge is 2.62. The summed E-state index contributed by atoms with van der Waals surface area (Å²) in [6, 6.07) is 0. The van der Waals surface area contributed by atoms with Crippen LogP contribution in [0.3, 0.4) is 0 Å². The zero-order valence-corrected chi connectivity index (χ0v) is 8.43. The molecule has 1 aliphatic carbocycles. The third kappa shape index (κ3) is 2.02. The lowest BCUT2D eigenvalue weighted by Gasteiger charge is -2.17. The quantitative estimate of drug-likeness (QED) is 0.583. The van der Waals surface area contributed by atoms with Crippen molar-refractivity contribution in [1.29, 1.82) is 0 Å². The molecule has 0 aromatic heterocycles. The highest BCUT2D eigenvalue weighted by molar-refractivity contribution is 5.93. The van der Waals surface area contributed by atoms with Crippen LogP contribution in [0.2, 0.25) is 0 Å². The molecule has 2 atom stereocenters. The second-order valence-electron chi connectivity index (χ2n) is 3.46. The van der Waals surface area contributed by atoms with Crippen LogP contribution in [0.15, 0.2) is 12.7 Å². The Morgan fingerprint density at radius 1 is 1.56 bits per heavy atom. The molecule has 1 saturated carbocycles. The van der Waals surface area contributed by atoms with Crippen LogP contribution in [0.25, 0.3) is 0 Å².